The molecule has 122 valence electrons. The summed E-state index contributed by atoms with van der Waals surface area (Å²) in [5.74, 6) is 0.529. The minimum atomic E-state index is -3.77. The zero-order valence-corrected chi connectivity index (χ0v) is 14.2. The molecule has 2 N–H and O–H groups in total. The van der Waals surface area contributed by atoms with Gasteiger partial charge in [-0.05, 0) is 19.1 Å². The first-order valence-electron chi connectivity index (χ1n) is 7.22. The van der Waals surface area contributed by atoms with Crippen LogP contribution in [0.25, 0.3) is 26.8 Å². The molecule has 24 heavy (non-hydrogen) atoms. The van der Waals surface area contributed by atoms with Crippen molar-refractivity contribution in [2.45, 2.75) is 30.3 Å². The van der Waals surface area contributed by atoms with Gasteiger partial charge in [-0.2, -0.15) is 0 Å². The van der Waals surface area contributed by atoms with Crippen LogP contribution in [0.1, 0.15) is 18.7 Å². The molecule has 1 aromatic carbocycles. The van der Waals surface area contributed by atoms with Crippen LogP contribution in [0.3, 0.4) is 0 Å². The van der Waals surface area contributed by atoms with Gasteiger partial charge in [-0.1, -0.05) is 17.7 Å². The molecular weight excluding hydrogens is 350 g/mol. The lowest BCUT2D eigenvalue weighted by molar-refractivity contribution is 0.568. The number of rotatable bonds is 3. The van der Waals surface area contributed by atoms with Gasteiger partial charge in [0.05, 0.1) is 23.1 Å². The van der Waals surface area contributed by atoms with Crippen LogP contribution in [0.2, 0.25) is 5.15 Å². The van der Waals surface area contributed by atoms with Crippen LogP contribution in [-0.4, -0.2) is 29.0 Å². The van der Waals surface area contributed by atoms with Gasteiger partial charge in [-0.3, -0.25) is 4.85 Å². The quantitative estimate of drug-likeness (QED) is 0.554. The first-order valence-corrected chi connectivity index (χ1v) is 9.08. The fraction of sp³-hybridized carbons (Fsp3) is 0.267. The molecule has 0 unspecified atom stereocenters. The lowest BCUT2D eigenvalue weighted by atomic mass is 10.2. The van der Waals surface area contributed by atoms with Gasteiger partial charge in [-0.25, -0.2) is 25.0 Å². The van der Waals surface area contributed by atoms with Gasteiger partial charge in [0.2, 0.25) is 10.0 Å². The Morgan fingerprint density at radius 2 is 2.12 bits per heavy atom. The average molecular weight is 362 g/mol. The maximum absolute atomic E-state index is 12.5. The number of halogens is 1. The Morgan fingerprint density at radius 1 is 1.38 bits per heavy atom. The normalized spacial score (nSPS) is 16.4. The van der Waals surface area contributed by atoms with Crippen LogP contribution in [0, 0.1) is 13.5 Å². The van der Waals surface area contributed by atoms with E-state index < -0.39 is 15.7 Å². The summed E-state index contributed by atoms with van der Waals surface area (Å²) < 4.78 is 27.5. The summed E-state index contributed by atoms with van der Waals surface area (Å²) in [5, 5.41) is 1.73. The summed E-state index contributed by atoms with van der Waals surface area (Å²) in [4.78, 5) is 15.0. The number of H-pyrrole nitrogens is 1. The van der Waals surface area contributed by atoms with Crippen molar-refractivity contribution in [1.82, 2.24) is 19.7 Å². The Morgan fingerprint density at radius 3 is 2.79 bits per heavy atom. The molecule has 9 heteroatoms. The Labute approximate surface area is 142 Å². The molecule has 1 aliphatic carbocycles. The van der Waals surface area contributed by atoms with Crippen LogP contribution in [-0.2, 0) is 10.0 Å². The number of aryl methyl sites for hydroxylation is 1. The molecule has 1 saturated carbocycles. The summed E-state index contributed by atoms with van der Waals surface area (Å²) in [5.41, 5.74) is 0.187. The van der Waals surface area contributed by atoms with Gasteiger partial charge < -0.3 is 4.98 Å². The van der Waals surface area contributed by atoms with Gasteiger partial charge in [0, 0.05) is 10.9 Å². The number of hydrogen-bond donors (Lipinski definition) is 2. The molecule has 0 amide bonds. The molecule has 3 aromatic rings. The molecule has 2 heterocycles. The topological polar surface area (TPSA) is 92.1 Å². The van der Waals surface area contributed by atoms with Crippen LogP contribution in [0.15, 0.2) is 23.1 Å². The summed E-state index contributed by atoms with van der Waals surface area (Å²) >= 11 is 6.19. The monoisotopic (exact) mass is 361 g/mol. The van der Waals surface area contributed by atoms with Crippen LogP contribution < -0.4 is 4.72 Å². The molecule has 1 fully saturated rings. The molecule has 2 aromatic heterocycles. The molecule has 0 bridgehead atoms. The predicted octanol–water partition coefficient (Wildman–Crippen LogP) is 2.76. The second kappa shape index (κ2) is 4.89. The smallest absolute Gasteiger partial charge is 0.299 e. The number of nitrogens with one attached hydrogen (secondary N) is 2. The summed E-state index contributed by atoms with van der Waals surface area (Å²) in [6.45, 7) is 8.85. The van der Waals surface area contributed by atoms with Gasteiger partial charge >= 0.3 is 0 Å². The Balaban J connectivity index is 1.86. The maximum Gasteiger partial charge on any atom is 0.299 e. The highest BCUT2D eigenvalue weighted by molar-refractivity contribution is 7.89. The minimum absolute atomic E-state index is 0.0947. The number of hydrogen-bond acceptors (Lipinski definition) is 4. The van der Waals surface area contributed by atoms with Crippen molar-refractivity contribution in [2.75, 3.05) is 0 Å². The Bertz CT molecular complexity index is 1140. The number of nitrogens with zero attached hydrogens (tertiary/aromatic N) is 3. The van der Waals surface area contributed by atoms with Crippen molar-refractivity contribution in [3.05, 3.63) is 40.6 Å². The van der Waals surface area contributed by atoms with E-state index in [2.05, 4.69) is 24.5 Å². The van der Waals surface area contributed by atoms with Crippen LogP contribution >= 0.6 is 11.6 Å². The van der Waals surface area contributed by atoms with E-state index in [1.807, 2.05) is 0 Å². The van der Waals surface area contributed by atoms with E-state index in [0.717, 1.165) is 5.39 Å². The number of benzene rings is 1. The van der Waals surface area contributed by atoms with E-state index in [1.165, 1.54) is 12.1 Å². The molecule has 0 aliphatic heterocycles. The first-order chi connectivity index (χ1) is 11.3. The number of sulfonamides is 1. The lowest BCUT2D eigenvalue weighted by Crippen LogP contribution is -2.34. The van der Waals surface area contributed by atoms with Crippen molar-refractivity contribution in [3.8, 4) is 0 Å². The Hall–Kier alpha value is -2.21. The summed E-state index contributed by atoms with van der Waals surface area (Å²) in [6, 6.07) is 4.68. The fourth-order valence-corrected chi connectivity index (χ4v) is 4.37. The zero-order chi connectivity index (χ0) is 17.1. The second-order valence-corrected chi connectivity index (χ2v) is 7.91. The third-order valence-corrected chi connectivity index (χ3v) is 5.86. The molecule has 0 spiro atoms. The van der Waals surface area contributed by atoms with Crippen LogP contribution in [0.4, 0.5) is 0 Å². The highest BCUT2D eigenvalue weighted by atomic mass is 35.5. The minimum Gasteiger partial charge on any atom is -0.339 e. The van der Waals surface area contributed by atoms with Crippen molar-refractivity contribution in [1.29, 1.82) is 0 Å². The molecule has 4 rings (SSSR count). The molecule has 1 aliphatic rings. The molecule has 0 saturated heterocycles. The standard InChI is InChI=1S/C15H12ClN5O2S/c1-8-18-13(16)12-10-4-3-9(7-11(10)20-14(12)19-8)24(22,23)21-15(17-2)5-6-15/h3-4,7,21H,5-6H2,1H3,(H,18,19,20). The van der Waals surface area contributed by atoms with E-state index >= 15 is 0 Å². The Kier molecular flexibility index (Phi) is 3.12. The van der Waals surface area contributed by atoms with E-state index in [1.54, 1.807) is 13.0 Å². The number of fused-ring (bicyclic) bond motifs is 3. The summed E-state index contributed by atoms with van der Waals surface area (Å²) in [7, 11) is -3.77. The van der Waals surface area contributed by atoms with Crippen molar-refractivity contribution in [2.24, 2.45) is 0 Å². The molecular formula is C15H12ClN5O2S. The highest BCUT2D eigenvalue weighted by Crippen LogP contribution is 2.38. The number of aromatic amines is 1. The zero-order valence-electron chi connectivity index (χ0n) is 12.6. The van der Waals surface area contributed by atoms with E-state index in [4.69, 9.17) is 18.2 Å². The van der Waals surface area contributed by atoms with Gasteiger partial charge in [0.25, 0.3) is 5.66 Å². The molecule has 7 nitrogen and oxygen atoms in total. The van der Waals surface area contributed by atoms with E-state index in [0.29, 0.717) is 40.4 Å². The fourth-order valence-electron chi connectivity index (χ4n) is 2.67. The van der Waals surface area contributed by atoms with Gasteiger partial charge in [0.1, 0.15) is 16.6 Å². The number of aromatic nitrogens is 3. The van der Waals surface area contributed by atoms with Gasteiger partial charge in [0.15, 0.2) is 0 Å². The third-order valence-electron chi connectivity index (χ3n) is 4.06. The largest absolute Gasteiger partial charge is 0.339 e. The lowest BCUT2D eigenvalue weighted by Gasteiger charge is -2.07. The van der Waals surface area contributed by atoms with Crippen molar-refractivity contribution in [3.63, 3.8) is 0 Å². The molecule has 0 atom stereocenters. The van der Waals surface area contributed by atoms with Crippen LogP contribution in [0.5, 0.6) is 0 Å². The van der Waals surface area contributed by atoms with E-state index in [-0.39, 0.29) is 4.90 Å². The maximum atomic E-state index is 12.5. The van der Waals surface area contributed by atoms with E-state index in [9.17, 15) is 8.42 Å². The van der Waals surface area contributed by atoms with Crippen molar-refractivity contribution < 1.29 is 8.42 Å². The van der Waals surface area contributed by atoms with Gasteiger partial charge in [-0.15, -0.1) is 4.72 Å². The third kappa shape index (κ3) is 2.33. The van der Waals surface area contributed by atoms with Crippen molar-refractivity contribution >= 4 is 43.6 Å². The average Bonchev–Trinajstić information content (AvgIpc) is 3.17. The second-order valence-electron chi connectivity index (χ2n) is 5.87. The SMILES string of the molecule is [C-]#[N+]C1(NS(=O)(=O)c2ccc3c(c2)[nH]c2nc(C)nc(Cl)c23)CC1. The molecule has 0 radical (unpaired) electrons. The summed E-state index contributed by atoms with van der Waals surface area (Å²) in [6.07, 6.45) is 1.07. The predicted molar refractivity (Wildman–Crippen MR) is 90.0 cm³/mol. The highest BCUT2D eigenvalue weighted by Gasteiger charge is 2.54. The first kappa shape index (κ1) is 15.3.